The van der Waals surface area contributed by atoms with Crippen LogP contribution in [0.5, 0.6) is 11.5 Å². The number of aromatic nitrogens is 3. The van der Waals surface area contributed by atoms with E-state index in [0.29, 0.717) is 36.4 Å². The summed E-state index contributed by atoms with van der Waals surface area (Å²) in [6.07, 6.45) is 17.8. The van der Waals surface area contributed by atoms with Gasteiger partial charge in [-0.2, -0.15) is 0 Å². The first-order valence-corrected chi connectivity index (χ1v) is 17.6. The zero-order chi connectivity index (χ0) is 33.6. The number of benzene rings is 1. The second kappa shape index (κ2) is 18.6. The van der Waals surface area contributed by atoms with Crippen molar-refractivity contribution in [3.8, 4) is 11.5 Å². The van der Waals surface area contributed by atoms with Crippen LogP contribution in [0.4, 0.5) is 11.5 Å². The second-order valence-electron chi connectivity index (χ2n) is 12.9. The van der Waals surface area contributed by atoms with E-state index in [-0.39, 0.29) is 6.61 Å². The molecular formula is C37H53N7O4. The predicted molar refractivity (Wildman–Crippen MR) is 191 cm³/mol. The number of H-pyrrole nitrogens is 1. The van der Waals surface area contributed by atoms with Gasteiger partial charge < -0.3 is 34.7 Å². The van der Waals surface area contributed by atoms with Crippen LogP contribution < -0.4 is 20.1 Å². The van der Waals surface area contributed by atoms with Gasteiger partial charge in [-0.3, -0.25) is 4.90 Å². The highest BCUT2D eigenvalue weighted by Crippen LogP contribution is 2.34. The largest absolute Gasteiger partial charge is 0.489 e. The molecule has 0 radical (unpaired) electrons. The number of piperidine rings is 1. The Hall–Kier alpha value is -3.93. The second-order valence-corrected chi connectivity index (χ2v) is 12.9. The Morgan fingerprint density at radius 2 is 2.00 bits per heavy atom. The number of unbranched alkanes of at least 4 members (excludes halogenated alkanes) is 1. The van der Waals surface area contributed by atoms with Crippen molar-refractivity contribution in [2.75, 3.05) is 72.0 Å². The molecule has 0 saturated carbocycles. The van der Waals surface area contributed by atoms with Crippen molar-refractivity contribution in [2.45, 2.75) is 58.4 Å². The molecule has 2 aliphatic rings. The number of carbonyl (C=O) groups excluding carboxylic acids is 1. The Balaban J connectivity index is 1.25. The van der Waals surface area contributed by atoms with Crippen LogP contribution in [0.2, 0.25) is 0 Å². The smallest absolute Gasteiger partial charge is 0.344 e. The lowest BCUT2D eigenvalue weighted by molar-refractivity contribution is -0.146. The Bertz CT molecular complexity index is 1510. The summed E-state index contributed by atoms with van der Waals surface area (Å²) >= 11 is 0. The van der Waals surface area contributed by atoms with Gasteiger partial charge in [0.25, 0.3) is 0 Å². The number of ether oxygens (including phenoxy) is 3. The highest BCUT2D eigenvalue weighted by Gasteiger charge is 2.22. The molecule has 11 nitrogen and oxygen atoms in total. The van der Waals surface area contributed by atoms with Crippen LogP contribution in [-0.2, 0) is 16.1 Å². The van der Waals surface area contributed by atoms with Crippen molar-refractivity contribution in [3.05, 3.63) is 60.1 Å². The van der Waals surface area contributed by atoms with Crippen LogP contribution in [0.1, 0.15) is 57.4 Å². The molecule has 11 heteroatoms. The number of nitrogens with one attached hydrogen (secondary N) is 3. The van der Waals surface area contributed by atoms with E-state index in [1.165, 1.54) is 5.57 Å². The maximum Gasteiger partial charge on any atom is 0.344 e. The van der Waals surface area contributed by atoms with Crippen LogP contribution in [-0.4, -0.2) is 97.4 Å². The Morgan fingerprint density at radius 1 is 1.12 bits per heavy atom. The highest BCUT2D eigenvalue weighted by atomic mass is 16.6. The molecule has 0 unspecified atom stereocenters. The number of nitrogens with zero attached hydrogens (tertiary/aromatic N) is 4. The highest BCUT2D eigenvalue weighted by molar-refractivity contribution is 5.92. The Morgan fingerprint density at radius 3 is 2.79 bits per heavy atom. The predicted octanol–water partition coefficient (Wildman–Crippen LogP) is 5.83. The van der Waals surface area contributed by atoms with Gasteiger partial charge in [-0.15, -0.1) is 0 Å². The van der Waals surface area contributed by atoms with Crippen LogP contribution in [0.15, 0.2) is 54.5 Å². The molecule has 1 fully saturated rings. The Labute approximate surface area is 285 Å². The number of allylic oxidation sites excluding steroid dienone is 2. The number of anilines is 2. The van der Waals surface area contributed by atoms with E-state index in [9.17, 15) is 4.79 Å². The van der Waals surface area contributed by atoms with Crippen LogP contribution in [0.25, 0.3) is 11.0 Å². The first kappa shape index (κ1) is 35.4. The fraction of sp³-hybridized carbons (Fsp3) is 0.541. The van der Waals surface area contributed by atoms with Crippen molar-refractivity contribution in [2.24, 2.45) is 5.92 Å². The molecule has 2 aromatic heterocycles. The van der Waals surface area contributed by atoms with Crippen LogP contribution >= 0.6 is 0 Å². The van der Waals surface area contributed by atoms with Gasteiger partial charge in [-0.05, 0) is 108 Å². The van der Waals surface area contributed by atoms with E-state index in [4.69, 9.17) is 14.2 Å². The normalized spacial score (nSPS) is 15.5. The van der Waals surface area contributed by atoms with Crippen molar-refractivity contribution in [1.82, 2.24) is 30.1 Å². The summed E-state index contributed by atoms with van der Waals surface area (Å²) in [6, 6.07) is 5.73. The third kappa shape index (κ3) is 10.5. The number of hydrogen-bond donors (Lipinski definition) is 3. The lowest BCUT2D eigenvalue weighted by Crippen LogP contribution is -2.36. The molecule has 0 atom stereocenters. The molecule has 1 aliphatic carbocycles. The van der Waals surface area contributed by atoms with Crippen molar-refractivity contribution in [1.29, 1.82) is 0 Å². The minimum atomic E-state index is -0.392. The minimum absolute atomic E-state index is 0.189. The van der Waals surface area contributed by atoms with Gasteiger partial charge in [0.2, 0.25) is 0 Å². The van der Waals surface area contributed by atoms with E-state index in [1.807, 2.05) is 31.4 Å². The molecule has 48 heavy (non-hydrogen) atoms. The van der Waals surface area contributed by atoms with Gasteiger partial charge in [0, 0.05) is 31.0 Å². The summed E-state index contributed by atoms with van der Waals surface area (Å²) in [5, 5.41) is 7.63. The molecule has 3 N–H and O–H groups in total. The monoisotopic (exact) mass is 659 g/mol. The fourth-order valence-electron chi connectivity index (χ4n) is 6.17. The third-order valence-corrected chi connectivity index (χ3v) is 8.93. The fourth-order valence-corrected chi connectivity index (χ4v) is 6.17. The van der Waals surface area contributed by atoms with E-state index in [2.05, 4.69) is 67.6 Å². The summed E-state index contributed by atoms with van der Waals surface area (Å²) in [6.45, 7) is 8.74. The molecule has 5 rings (SSSR count). The van der Waals surface area contributed by atoms with Crippen molar-refractivity contribution < 1.29 is 19.0 Å². The first-order valence-electron chi connectivity index (χ1n) is 17.6. The van der Waals surface area contributed by atoms with Gasteiger partial charge in [-0.1, -0.05) is 31.6 Å². The Kier molecular flexibility index (Phi) is 13.7. The van der Waals surface area contributed by atoms with E-state index < -0.39 is 5.97 Å². The van der Waals surface area contributed by atoms with Gasteiger partial charge >= 0.3 is 5.97 Å². The zero-order valence-electron chi connectivity index (χ0n) is 28.9. The average Bonchev–Trinajstić information content (AvgIpc) is 3.51. The quantitative estimate of drug-likeness (QED) is 0.107. The van der Waals surface area contributed by atoms with Gasteiger partial charge in [0.05, 0.1) is 18.6 Å². The molecule has 1 aliphatic heterocycles. The number of hydrogen-bond acceptors (Lipinski definition) is 10. The molecule has 0 bridgehead atoms. The van der Waals surface area contributed by atoms with Crippen molar-refractivity contribution >= 4 is 28.5 Å². The first-order chi connectivity index (χ1) is 23.5. The average molecular weight is 660 g/mol. The topological polar surface area (TPSA) is 117 Å². The molecule has 0 spiro atoms. The number of rotatable bonds is 19. The zero-order valence-corrected chi connectivity index (χ0v) is 28.9. The van der Waals surface area contributed by atoms with Gasteiger partial charge in [0.1, 0.15) is 17.8 Å². The molecule has 1 aromatic carbocycles. The van der Waals surface area contributed by atoms with E-state index >= 15 is 0 Å². The molecule has 0 amide bonds. The van der Waals surface area contributed by atoms with Gasteiger partial charge in [0.15, 0.2) is 18.1 Å². The lowest BCUT2D eigenvalue weighted by atomic mass is 9.97. The third-order valence-electron chi connectivity index (χ3n) is 8.93. The number of esters is 1. The number of carbonyl (C=O) groups is 1. The molecule has 3 aromatic rings. The lowest BCUT2D eigenvalue weighted by Gasteiger charge is -2.32. The van der Waals surface area contributed by atoms with Gasteiger partial charge in [-0.25, -0.2) is 14.8 Å². The molecule has 3 heterocycles. The standard InChI is InChI=1S/C37H53N7O4/c1-4-5-20-46-34(45)26-48-33-21-31(42-37-35-30(22-39-36(35)40-27-41-37)24-43(3)17-9-16-38-2)12-13-32(33)47-25-29-14-18-44(19-15-29)23-28-10-7-6-8-11-28/h7,10-13,21-22,27,29,38H,4-6,8-9,14-20,23-26H2,1-3H3,(H2,39,40,41,42). The maximum absolute atomic E-state index is 12.4. The number of fused-ring (bicyclic) bond motifs is 1. The summed E-state index contributed by atoms with van der Waals surface area (Å²) in [7, 11) is 4.10. The van der Waals surface area contributed by atoms with E-state index in [1.54, 1.807) is 6.33 Å². The summed E-state index contributed by atoms with van der Waals surface area (Å²) in [4.78, 5) is 29.6. The van der Waals surface area contributed by atoms with Crippen LogP contribution in [0.3, 0.4) is 0 Å². The minimum Gasteiger partial charge on any atom is -0.489 e. The van der Waals surface area contributed by atoms with Crippen molar-refractivity contribution in [3.63, 3.8) is 0 Å². The number of likely N-dealkylation sites (tertiary alicyclic amines) is 1. The summed E-state index contributed by atoms with van der Waals surface area (Å²) in [5.74, 6) is 1.87. The maximum atomic E-state index is 12.4. The molecular weight excluding hydrogens is 606 g/mol. The van der Waals surface area contributed by atoms with E-state index in [0.717, 1.165) is 106 Å². The summed E-state index contributed by atoms with van der Waals surface area (Å²) < 4.78 is 17.7. The molecule has 1 saturated heterocycles. The SMILES string of the molecule is CCCCOC(=O)COc1cc(Nc2ncnc3[nH]cc(CN(C)CCCNC)c23)ccc1OCC1CCN(CC2=CCCC=C2)CC1. The number of aromatic amines is 1. The molecule has 260 valence electrons. The summed E-state index contributed by atoms with van der Waals surface area (Å²) in [5.41, 5.74) is 4.09. The van der Waals surface area contributed by atoms with Crippen LogP contribution in [0, 0.1) is 5.92 Å².